The summed E-state index contributed by atoms with van der Waals surface area (Å²) in [6.45, 7) is 3.74. The van der Waals surface area contributed by atoms with Crippen LogP contribution in [0.4, 0.5) is 20.4 Å². The summed E-state index contributed by atoms with van der Waals surface area (Å²) >= 11 is 0. The Morgan fingerprint density at radius 1 is 1.17 bits per heavy atom. The first-order valence-corrected chi connectivity index (χ1v) is 9.04. The zero-order valence-electron chi connectivity index (χ0n) is 16.5. The highest BCUT2D eigenvalue weighted by molar-refractivity contribution is 5.72. The molecule has 0 saturated heterocycles. The van der Waals surface area contributed by atoms with Gasteiger partial charge in [-0.05, 0) is 37.6 Å². The number of nitrogens with zero attached hydrogens (tertiary/aromatic N) is 4. The van der Waals surface area contributed by atoms with E-state index in [1.54, 1.807) is 11.5 Å². The highest BCUT2D eigenvalue weighted by atomic mass is 19.2. The van der Waals surface area contributed by atoms with E-state index in [0.29, 0.717) is 28.5 Å². The van der Waals surface area contributed by atoms with Crippen molar-refractivity contribution in [3.8, 4) is 5.88 Å². The summed E-state index contributed by atoms with van der Waals surface area (Å²) < 4.78 is 33.9. The van der Waals surface area contributed by atoms with E-state index >= 15 is 0 Å². The molecule has 0 amide bonds. The SMILES string of the molecule is COc1nc(C)c(Nc2nc(=O)c3[nH]cnc3n2Cc2ccc(F)c(F)c2)cc1C. The van der Waals surface area contributed by atoms with Gasteiger partial charge in [-0.15, -0.1) is 0 Å². The average molecular weight is 412 g/mol. The molecule has 30 heavy (non-hydrogen) atoms. The Kier molecular flexibility index (Phi) is 4.90. The number of rotatable bonds is 5. The summed E-state index contributed by atoms with van der Waals surface area (Å²) in [5, 5.41) is 3.11. The molecule has 1 aromatic carbocycles. The predicted octanol–water partition coefficient (Wildman–Crippen LogP) is 3.21. The van der Waals surface area contributed by atoms with E-state index in [1.807, 2.05) is 13.0 Å². The number of ether oxygens (including phenoxy) is 1. The first-order valence-electron chi connectivity index (χ1n) is 9.04. The van der Waals surface area contributed by atoms with Crippen LogP contribution in [-0.4, -0.2) is 31.6 Å². The van der Waals surface area contributed by atoms with E-state index in [4.69, 9.17) is 4.74 Å². The largest absolute Gasteiger partial charge is 0.481 e. The Hall–Kier alpha value is -3.82. The summed E-state index contributed by atoms with van der Waals surface area (Å²) in [6.07, 6.45) is 1.38. The van der Waals surface area contributed by atoms with Crippen molar-refractivity contribution < 1.29 is 13.5 Å². The molecular weight excluding hydrogens is 394 g/mol. The van der Waals surface area contributed by atoms with Crippen LogP contribution in [0.2, 0.25) is 0 Å². The summed E-state index contributed by atoms with van der Waals surface area (Å²) in [4.78, 5) is 27.9. The lowest BCUT2D eigenvalue weighted by Crippen LogP contribution is -2.19. The first-order chi connectivity index (χ1) is 14.4. The first kappa shape index (κ1) is 19.5. The number of hydrogen-bond donors (Lipinski definition) is 2. The molecule has 4 rings (SSSR count). The van der Waals surface area contributed by atoms with Crippen LogP contribution >= 0.6 is 0 Å². The molecule has 0 aliphatic rings. The number of pyridine rings is 1. The van der Waals surface area contributed by atoms with Gasteiger partial charge in [0.05, 0.1) is 31.4 Å². The molecule has 10 heteroatoms. The highest BCUT2D eigenvalue weighted by Crippen LogP contribution is 2.25. The summed E-state index contributed by atoms with van der Waals surface area (Å²) in [7, 11) is 1.54. The number of nitrogens with one attached hydrogen (secondary N) is 2. The lowest BCUT2D eigenvalue weighted by molar-refractivity contribution is 0.394. The van der Waals surface area contributed by atoms with Gasteiger partial charge < -0.3 is 15.0 Å². The quantitative estimate of drug-likeness (QED) is 0.522. The van der Waals surface area contributed by atoms with Crippen LogP contribution in [0.1, 0.15) is 16.8 Å². The normalized spacial score (nSPS) is 11.1. The van der Waals surface area contributed by atoms with Crippen molar-refractivity contribution in [2.45, 2.75) is 20.4 Å². The van der Waals surface area contributed by atoms with E-state index < -0.39 is 17.2 Å². The number of anilines is 2. The number of H-pyrrole nitrogens is 1. The van der Waals surface area contributed by atoms with Gasteiger partial charge in [0, 0.05) is 5.56 Å². The monoisotopic (exact) mass is 412 g/mol. The van der Waals surface area contributed by atoms with Gasteiger partial charge in [0.2, 0.25) is 11.8 Å². The molecule has 0 bridgehead atoms. The molecule has 0 radical (unpaired) electrons. The minimum Gasteiger partial charge on any atom is -0.481 e. The third kappa shape index (κ3) is 3.47. The Labute approximate surface area is 169 Å². The van der Waals surface area contributed by atoms with Crippen LogP contribution in [0, 0.1) is 25.5 Å². The van der Waals surface area contributed by atoms with E-state index in [9.17, 15) is 13.6 Å². The van der Waals surface area contributed by atoms with Crippen molar-refractivity contribution >= 4 is 22.8 Å². The highest BCUT2D eigenvalue weighted by Gasteiger charge is 2.16. The predicted molar refractivity (Wildman–Crippen MR) is 107 cm³/mol. The Morgan fingerprint density at radius 3 is 2.70 bits per heavy atom. The van der Waals surface area contributed by atoms with Crippen molar-refractivity contribution in [3.05, 3.63) is 69.4 Å². The van der Waals surface area contributed by atoms with Crippen molar-refractivity contribution in [3.63, 3.8) is 0 Å². The molecule has 0 aliphatic carbocycles. The van der Waals surface area contributed by atoms with Gasteiger partial charge in [0.25, 0.3) is 0 Å². The van der Waals surface area contributed by atoms with Crippen molar-refractivity contribution in [2.75, 3.05) is 12.4 Å². The number of benzene rings is 1. The molecule has 0 aliphatic heterocycles. The molecule has 0 spiro atoms. The number of aryl methyl sites for hydroxylation is 2. The van der Waals surface area contributed by atoms with Crippen LogP contribution in [0.15, 0.2) is 35.4 Å². The molecule has 3 aromatic heterocycles. The number of aromatic amines is 1. The fourth-order valence-corrected chi connectivity index (χ4v) is 3.16. The summed E-state index contributed by atoms with van der Waals surface area (Å²) in [5.74, 6) is -1.21. The van der Waals surface area contributed by atoms with Gasteiger partial charge in [-0.2, -0.15) is 4.98 Å². The van der Waals surface area contributed by atoms with Crippen LogP contribution in [0.3, 0.4) is 0 Å². The van der Waals surface area contributed by atoms with Gasteiger partial charge in [-0.25, -0.2) is 18.7 Å². The molecular formula is C20H18F2N6O2. The maximum Gasteiger partial charge on any atom is 0.300 e. The molecule has 8 nitrogen and oxygen atoms in total. The van der Waals surface area contributed by atoms with Crippen LogP contribution in [-0.2, 0) is 6.54 Å². The zero-order valence-corrected chi connectivity index (χ0v) is 16.5. The minimum absolute atomic E-state index is 0.107. The van der Waals surface area contributed by atoms with E-state index in [-0.39, 0.29) is 18.0 Å². The van der Waals surface area contributed by atoms with Gasteiger partial charge in [-0.3, -0.25) is 9.36 Å². The molecule has 0 fully saturated rings. The molecule has 0 unspecified atom stereocenters. The maximum atomic E-state index is 13.7. The fourth-order valence-electron chi connectivity index (χ4n) is 3.16. The fraction of sp³-hybridized carbons (Fsp3) is 0.200. The van der Waals surface area contributed by atoms with E-state index in [0.717, 1.165) is 17.7 Å². The topological polar surface area (TPSA) is 97.7 Å². The molecule has 2 N–H and O–H groups in total. The van der Waals surface area contributed by atoms with Gasteiger partial charge in [0.1, 0.15) is 0 Å². The number of halogens is 2. The Bertz CT molecular complexity index is 1310. The van der Waals surface area contributed by atoms with Gasteiger partial charge in [-0.1, -0.05) is 6.07 Å². The number of aromatic nitrogens is 5. The number of hydrogen-bond acceptors (Lipinski definition) is 6. The molecule has 0 saturated carbocycles. The molecule has 0 atom stereocenters. The second kappa shape index (κ2) is 7.54. The van der Waals surface area contributed by atoms with Crippen molar-refractivity contribution in [1.82, 2.24) is 24.5 Å². The summed E-state index contributed by atoms with van der Waals surface area (Å²) in [6, 6.07) is 5.43. The van der Waals surface area contributed by atoms with Crippen LogP contribution < -0.4 is 15.6 Å². The minimum atomic E-state index is -0.958. The van der Waals surface area contributed by atoms with Gasteiger partial charge >= 0.3 is 5.56 Å². The third-order valence-corrected chi connectivity index (χ3v) is 4.67. The van der Waals surface area contributed by atoms with Gasteiger partial charge in [0.15, 0.2) is 22.8 Å². The smallest absolute Gasteiger partial charge is 0.300 e. The molecule has 3 heterocycles. The van der Waals surface area contributed by atoms with E-state index in [1.165, 1.54) is 19.5 Å². The van der Waals surface area contributed by atoms with Crippen molar-refractivity contribution in [1.29, 1.82) is 0 Å². The standard InChI is InChI=1S/C20H18F2N6O2/c1-10-6-15(11(2)25-19(10)30-3)26-20-27-18(29)16-17(24-9-23-16)28(20)8-12-4-5-13(21)14(22)7-12/h4-7,9H,8H2,1-3H3,(H,23,24)(H,26,27,29). The third-order valence-electron chi connectivity index (χ3n) is 4.67. The zero-order chi connectivity index (χ0) is 21.4. The number of methoxy groups -OCH3 is 1. The van der Waals surface area contributed by atoms with Crippen LogP contribution in [0.25, 0.3) is 11.2 Å². The Morgan fingerprint density at radius 2 is 1.97 bits per heavy atom. The van der Waals surface area contributed by atoms with Crippen molar-refractivity contribution in [2.24, 2.45) is 0 Å². The Balaban J connectivity index is 1.83. The lowest BCUT2D eigenvalue weighted by Gasteiger charge is -2.17. The molecule has 4 aromatic rings. The second-order valence-corrected chi connectivity index (χ2v) is 6.75. The second-order valence-electron chi connectivity index (χ2n) is 6.75. The van der Waals surface area contributed by atoms with E-state index in [2.05, 4.69) is 25.3 Å². The van der Waals surface area contributed by atoms with Crippen LogP contribution in [0.5, 0.6) is 5.88 Å². The molecule has 154 valence electrons. The average Bonchev–Trinajstić information content (AvgIpc) is 3.20. The summed E-state index contributed by atoms with van der Waals surface area (Å²) in [5.41, 5.74) is 2.57. The lowest BCUT2D eigenvalue weighted by atomic mass is 10.2. The maximum absolute atomic E-state index is 13.7. The number of imidazole rings is 1. The number of fused-ring (bicyclic) bond motifs is 1.